The first-order valence-corrected chi connectivity index (χ1v) is 6.65. The van der Waals surface area contributed by atoms with Crippen LogP contribution in [-0.2, 0) is 9.47 Å². The summed E-state index contributed by atoms with van der Waals surface area (Å²) >= 11 is 0. The maximum absolute atomic E-state index is 13.1. The van der Waals surface area contributed by atoms with Crippen LogP contribution in [0.15, 0.2) is 18.2 Å². The van der Waals surface area contributed by atoms with Gasteiger partial charge in [-0.15, -0.1) is 0 Å². The fourth-order valence-electron chi connectivity index (χ4n) is 2.75. The van der Waals surface area contributed by atoms with Gasteiger partial charge in [0.05, 0.1) is 19.3 Å². The van der Waals surface area contributed by atoms with Crippen LogP contribution in [0.2, 0.25) is 0 Å². The molecule has 20 heavy (non-hydrogen) atoms. The molecule has 1 N–H and O–H groups in total. The average Bonchev–Trinajstić information content (AvgIpc) is 2.81. The van der Waals surface area contributed by atoms with Crippen LogP contribution in [-0.4, -0.2) is 36.3 Å². The molecule has 0 radical (unpaired) electrons. The zero-order valence-corrected chi connectivity index (χ0v) is 10.9. The van der Waals surface area contributed by atoms with Crippen molar-refractivity contribution >= 4 is 0 Å². The second-order valence-corrected chi connectivity index (χ2v) is 5.18. The summed E-state index contributed by atoms with van der Waals surface area (Å²) in [6, 6.07) is 2.95. The molecule has 1 saturated carbocycles. The number of halogens is 2. The summed E-state index contributed by atoms with van der Waals surface area (Å²) in [4.78, 5) is 0. The predicted octanol–water partition coefficient (Wildman–Crippen LogP) is 2.00. The highest BCUT2D eigenvalue weighted by Gasteiger charge is 2.45. The van der Waals surface area contributed by atoms with E-state index < -0.39 is 29.6 Å². The molecule has 1 aromatic rings. The molecule has 1 aliphatic heterocycles. The van der Waals surface area contributed by atoms with Gasteiger partial charge in [0.1, 0.15) is 23.5 Å². The van der Waals surface area contributed by atoms with E-state index in [0.717, 1.165) is 18.2 Å². The third-order valence-corrected chi connectivity index (χ3v) is 3.70. The van der Waals surface area contributed by atoms with E-state index in [-0.39, 0.29) is 5.75 Å². The van der Waals surface area contributed by atoms with E-state index in [0.29, 0.717) is 32.5 Å². The molecular weight excluding hydrogens is 270 g/mol. The number of ether oxygens (including phenoxy) is 3. The van der Waals surface area contributed by atoms with Crippen molar-refractivity contribution in [2.45, 2.75) is 37.3 Å². The van der Waals surface area contributed by atoms with Gasteiger partial charge in [0.15, 0.2) is 5.79 Å². The summed E-state index contributed by atoms with van der Waals surface area (Å²) < 4.78 is 43.0. The van der Waals surface area contributed by atoms with Crippen LogP contribution in [0.3, 0.4) is 0 Å². The van der Waals surface area contributed by atoms with E-state index in [1.165, 1.54) is 0 Å². The van der Waals surface area contributed by atoms with Gasteiger partial charge in [-0.25, -0.2) is 8.78 Å². The van der Waals surface area contributed by atoms with Gasteiger partial charge in [0.2, 0.25) is 0 Å². The predicted molar refractivity (Wildman–Crippen MR) is 65.3 cm³/mol. The molecule has 1 heterocycles. The number of rotatable bonds is 2. The SMILES string of the molecule is OC1CCC2(CC1Oc1cc(F)cc(F)c1)OCCO2. The van der Waals surface area contributed by atoms with Crippen LogP contribution < -0.4 is 4.74 Å². The normalized spacial score (nSPS) is 28.8. The van der Waals surface area contributed by atoms with Crippen molar-refractivity contribution in [2.75, 3.05) is 13.2 Å². The highest BCUT2D eigenvalue weighted by molar-refractivity contribution is 5.24. The summed E-state index contributed by atoms with van der Waals surface area (Å²) in [7, 11) is 0. The average molecular weight is 286 g/mol. The summed E-state index contributed by atoms with van der Waals surface area (Å²) in [5.74, 6) is -2.10. The highest BCUT2D eigenvalue weighted by atomic mass is 19.1. The molecular formula is C14H16F2O4. The molecule has 2 fully saturated rings. The molecule has 3 rings (SSSR count). The first-order chi connectivity index (χ1) is 9.56. The van der Waals surface area contributed by atoms with Crippen LogP contribution in [0.1, 0.15) is 19.3 Å². The molecule has 0 bridgehead atoms. The lowest BCUT2D eigenvalue weighted by Gasteiger charge is -2.38. The largest absolute Gasteiger partial charge is 0.487 e. The van der Waals surface area contributed by atoms with Crippen molar-refractivity contribution in [1.82, 2.24) is 0 Å². The Morgan fingerprint density at radius 2 is 1.80 bits per heavy atom. The zero-order chi connectivity index (χ0) is 14.2. The van der Waals surface area contributed by atoms with E-state index in [2.05, 4.69) is 0 Å². The lowest BCUT2D eigenvalue weighted by Crippen LogP contribution is -2.47. The Hall–Kier alpha value is -1.24. The molecule has 110 valence electrons. The summed E-state index contributed by atoms with van der Waals surface area (Å²) in [6.45, 7) is 1.02. The Morgan fingerprint density at radius 1 is 1.15 bits per heavy atom. The smallest absolute Gasteiger partial charge is 0.172 e. The number of benzene rings is 1. The molecule has 1 aliphatic carbocycles. The second-order valence-electron chi connectivity index (χ2n) is 5.18. The monoisotopic (exact) mass is 286 g/mol. The number of hydrogen-bond acceptors (Lipinski definition) is 4. The van der Waals surface area contributed by atoms with Crippen molar-refractivity contribution in [3.05, 3.63) is 29.8 Å². The molecule has 2 atom stereocenters. The number of hydrogen-bond donors (Lipinski definition) is 1. The molecule has 2 unspecified atom stereocenters. The van der Waals surface area contributed by atoms with Crippen molar-refractivity contribution in [3.8, 4) is 5.75 Å². The molecule has 1 spiro atoms. The minimum absolute atomic E-state index is 0.0570. The zero-order valence-electron chi connectivity index (χ0n) is 10.9. The van der Waals surface area contributed by atoms with Gasteiger partial charge in [-0.3, -0.25) is 0 Å². The minimum Gasteiger partial charge on any atom is -0.487 e. The van der Waals surface area contributed by atoms with Crippen molar-refractivity contribution in [2.24, 2.45) is 0 Å². The molecule has 6 heteroatoms. The van der Waals surface area contributed by atoms with Crippen LogP contribution in [0.25, 0.3) is 0 Å². The standard InChI is InChI=1S/C14H16F2O4/c15-9-5-10(16)7-11(6-9)20-13-8-14(2-1-12(13)17)18-3-4-19-14/h5-7,12-13,17H,1-4,8H2. The summed E-state index contributed by atoms with van der Waals surface area (Å²) in [5.41, 5.74) is 0. The van der Waals surface area contributed by atoms with Gasteiger partial charge in [-0.1, -0.05) is 0 Å². The van der Waals surface area contributed by atoms with Gasteiger partial charge in [0.25, 0.3) is 0 Å². The lowest BCUT2D eigenvalue weighted by atomic mass is 9.89. The number of aliphatic hydroxyl groups is 1. The van der Waals surface area contributed by atoms with Crippen molar-refractivity contribution < 1.29 is 28.1 Å². The Kier molecular flexibility index (Phi) is 3.62. The molecule has 4 nitrogen and oxygen atoms in total. The van der Waals surface area contributed by atoms with Crippen molar-refractivity contribution in [1.29, 1.82) is 0 Å². The Bertz CT molecular complexity index is 468. The quantitative estimate of drug-likeness (QED) is 0.903. The van der Waals surface area contributed by atoms with E-state index in [1.807, 2.05) is 0 Å². The maximum atomic E-state index is 13.1. The summed E-state index contributed by atoms with van der Waals surface area (Å²) in [6.07, 6.45) is 0.0723. The second kappa shape index (κ2) is 5.27. The number of aliphatic hydroxyl groups excluding tert-OH is 1. The fraction of sp³-hybridized carbons (Fsp3) is 0.571. The third kappa shape index (κ3) is 2.77. The molecule has 1 aromatic carbocycles. The first-order valence-electron chi connectivity index (χ1n) is 6.65. The third-order valence-electron chi connectivity index (χ3n) is 3.70. The van der Waals surface area contributed by atoms with Gasteiger partial charge in [-0.05, 0) is 6.42 Å². The van der Waals surface area contributed by atoms with E-state index in [4.69, 9.17) is 14.2 Å². The van der Waals surface area contributed by atoms with Gasteiger partial charge >= 0.3 is 0 Å². The summed E-state index contributed by atoms with van der Waals surface area (Å²) in [5, 5.41) is 9.99. The van der Waals surface area contributed by atoms with Crippen LogP contribution in [0, 0.1) is 11.6 Å². The van der Waals surface area contributed by atoms with E-state index >= 15 is 0 Å². The van der Waals surface area contributed by atoms with E-state index in [1.54, 1.807) is 0 Å². The fourth-order valence-corrected chi connectivity index (χ4v) is 2.75. The lowest BCUT2D eigenvalue weighted by molar-refractivity contribution is -0.209. The van der Waals surface area contributed by atoms with Crippen LogP contribution >= 0.6 is 0 Å². The van der Waals surface area contributed by atoms with Gasteiger partial charge < -0.3 is 19.3 Å². The highest BCUT2D eigenvalue weighted by Crippen LogP contribution is 2.37. The Labute approximate surface area is 115 Å². The van der Waals surface area contributed by atoms with Crippen LogP contribution in [0.5, 0.6) is 5.75 Å². The Morgan fingerprint density at radius 3 is 2.45 bits per heavy atom. The van der Waals surface area contributed by atoms with Gasteiger partial charge in [0, 0.05) is 31.0 Å². The van der Waals surface area contributed by atoms with Crippen molar-refractivity contribution in [3.63, 3.8) is 0 Å². The van der Waals surface area contributed by atoms with Crippen LogP contribution in [0.4, 0.5) is 8.78 Å². The van der Waals surface area contributed by atoms with Gasteiger partial charge in [-0.2, -0.15) is 0 Å². The first kappa shape index (κ1) is 13.7. The Balaban J connectivity index is 1.74. The van der Waals surface area contributed by atoms with E-state index in [9.17, 15) is 13.9 Å². The molecule has 0 amide bonds. The topological polar surface area (TPSA) is 47.9 Å². The minimum atomic E-state index is -0.726. The molecule has 2 aliphatic rings. The molecule has 1 saturated heterocycles. The maximum Gasteiger partial charge on any atom is 0.172 e. The molecule has 0 aromatic heterocycles.